The second-order valence-corrected chi connectivity index (χ2v) is 7.57. The Morgan fingerprint density at radius 1 is 0.929 bits per heavy atom. The second-order valence-electron chi connectivity index (χ2n) is 7.57. The number of nitrogens with two attached hydrogens (primary N) is 1. The Kier molecular flexibility index (Phi) is 12.2. The van der Waals surface area contributed by atoms with Crippen LogP contribution in [0.2, 0.25) is 0 Å². The number of likely N-dealkylation sites (tertiary alicyclic amines) is 1. The van der Waals surface area contributed by atoms with E-state index in [0.29, 0.717) is 13.1 Å². The molecule has 0 aromatic heterocycles. The van der Waals surface area contributed by atoms with Gasteiger partial charge in [-0.3, -0.25) is 19.3 Å². The lowest BCUT2D eigenvalue weighted by atomic mass is 10.0. The van der Waals surface area contributed by atoms with Gasteiger partial charge in [0.1, 0.15) is 5.71 Å². The fourth-order valence-electron chi connectivity index (χ4n) is 3.48. The third-order valence-corrected chi connectivity index (χ3v) is 5.22. The van der Waals surface area contributed by atoms with Crippen LogP contribution in [0, 0.1) is 5.92 Å². The van der Waals surface area contributed by atoms with Crippen molar-refractivity contribution < 1.29 is 14.4 Å². The number of nitrogens with zero attached hydrogens (tertiary/aromatic N) is 2. The predicted octanol–water partition coefficient (Wildman–Crippen LogP) is 3.12. The van der Waals surface area contributed by atoms with Gasteiger partial charge in [0.15, 0.2) is 5.92 Å². The first-order chi connectivity index (χ1) is 13.6. The highest BCUT2D eigenvalue weighted by Crippen LogP contribution is 2.19. The summed E-state index contributed by atoms with van der Waals surface area (Å²) in [6.07, 6.45) is 13.0. The first-order valence-electron chi connectivity index (χ1n) is 11.0. The molecule has 1 fully saturated rings. The van der Waals surface area contributed by atoms with E-state index in [-0.39, 0.29) is 5.71 Å². The number of imide groups is 1. The highest BCUT2D eigenvalue weighted by atomic mass is 16.2. The third-order valence-electron chi connectivity index (χ3n) is 5.22. The van der Waals surface area contributed by atoms with Crippen molar-refractivity contribution in [2.75, 3.05) is 13.1 Å². The fraction of sp³-hybridized carbons (Fsp3) is 0.810. The van der Waals surface area contributed by atoms with Crippen LogP contribution in [0.25, 0.3) is 0 Å². The molecule has 0 aliphatic carbocycles. The van der Waals surface area contributed by atoms with Crippen molar-refractivity contribution in [3.05, 3.63) is 0 Å². The fourth-order valence-corrected chi connectivity index (χ4v) is 3.48. The summed E-state index contributed by atoms with van der Waals surface area (Å²) in [5, 5.41) is 6.23. The summed E-state index contributed by atoms with van der Waals surface area (Å²) in [5.41, 5.74) is -0.142. The lowest BCUT2D eigenvalue weighted by Crippen LogP contribution is -2.39. The van der Waals surface area contributed by atoms with E-state index < -0.39 is 23.6 Å². The molecule has 0 bridgehead atoms. The third kappa shape index (κ3) is 7.60. The predicted molar refractivity (Wildman–Crippen MR) is 112 cm³/mol. The van der Waals surface area contributed by atoms with Crippen LogP contribution in [0.3, 0.4) is 0 Å². The molecule has 7 heteroatoms. The molecular weight excluding hydrogens is 356 g/mol. The van der Waals surface area contributed by atoms with Crippen LogP contribution in [0.1, 0.15) is 90.9 Å². The molecule has 1 saturated heterocycles. The molecule has 28 heavy (non-hydrogen) atoms. The lowest BCUT2D eigenvalue weighted by molar-refractivity contribution is -0.141. The highest BCUT2D eigenvalue weighted by molar-refractivity contribution is 6.54. The molecule has 7 nitrogen and oxygen atoms in total. The molecule has 1 aliphatic heterocycles. The largest absolute Gasteiger partial charge is 0.355 e. The molecule has 0 spiro atoms. The van der Waals surface area contributed by atoms with Crippen molar-refractivity contribution in [2.24, 2.45) is 16.9 Å². The number of hydrogen-bond acceptors (Lipinski definition) is 5. The number of hydrazone groups is 1. The number of nitrogens with one attached hydrogen (secondary N) is 1. The topological polar surface area (TPSA) is 105 Å². The summed E-state index contributed by atoms with van der Waals surface area (Å²) in [4.78, 5) is 38.6. The molecule has 1 aliphatic rings. The summed E-state index contributed by atoms with van der Waals surface area (Å²) in [5.74, 6) is 2.63. The average Bonchev–Trinajstić information content (AvgIpc) is 2.93. The molecule has 0 radical (unpaired) electrons. The standard InChI is InChI=1S/C21H38N4O3/c1-3-5-7-9-11-13-15-23-19(26)17-18(24-22)21(28)25(20(17)27)16-14-12-10-8-6-4-2/h17H,3-16,22H2,1-2H3,(H,23,26). The molecule has 1 heterocycles. The summed E-state index contributed by atoms with van der Waals surface area (Å²) in [7, 11) is 0. The minimum Gasteiger partial charge on any atom is -0.355 e. The Hall–Kier alpha value is -1.92. The van der Waals surface area contributed by atoms with Gasteiger partial charge in [-0.25, -0.2) is 0 Å². The first kappa shape index (κ1) is 24.1. The molecule has 0 aromatic carbocycles. The Balaban J connectivity index is 2.44. The van der Waals surface area contributed by atoms with Crippen molar-refractivity contribution in [1.82, 2.24) is 10.2 Å². The SMILES string of the molecule is CCCCCCCCNC(=O)C1C(=O)N(CCCCCCCC)C(=O)C1=NN. The molecular formula is C21H38N4O3. The van der Waals surface area contributed by atoms with Crippen LogP contribution in [-0.4, -0.2) is 41.4 Å². The maximum atomic E-state index is 12.6. The Morgan fingerprint density at radius 3 is 2.04 bits per heavy atom. The van der Waals surface area contributed by atoms with Crippen LogP contribution in [0.15, 0.2) is 5.10 Å². The summed E-state index contributed by atoms with van der Waals surface area (Å²) < 4.78 is 0. The van der Waals surface area contributed by atoms with Crippen molar-refractivity contribution in [3.8, 4) is 0 Å². The van der Waals surface area contributed by atoms with Gasteiger partial charge < -0.3 is 11.2 Å². The van der Waals surface area contributed by atoms with Gasteiger partial charge in [0.2, 0.25) is 11.8 Å². The zero-order valence-electron chi connectivity index (χ0n) is 17.7. The highest BCUT2D eigenvalue weighted by Gasteiger charge is 2.48. The summed E-state index contributed by atoms with van der Waals surface area (Å²) >= 11 is 0. The molecule has 3 N–H and O–H groups in total. The first-order valence-corrected chi connectivity index (χ1v) is 11.0. The van der Waals surface area contributed by atoms with Crippen LogP contribution in [0.4, 0.5) is 0 Å². The van der Waals surface area contributed by atoms with Gasteiger partial charge in [0.25, 0.3) is 5.91 Å². The van der Waals surface area contributed by atoms with Gasteiger partial charge in [-0.05, 0) is 12.8 Å². The van der Waals surface area contributed by atoms with E-state index in [1.165, 1.54) is 32.1 Å². The van der Waals surface area contributed by atoms with Crippen LogP contribution in [0.5, 0.6) is 0 Å². The summed E-state index contributed by atoms with van der Waals surface area (Å²) in [6, 6.07) is 0. The maximum absolute atomic E-state index is 12.6. The van der Waals surface area contributed by atoms with E-state index in [2.05, 4.69) is 24.3 Å². The molecule has 160 valence electrons. The van der Waals surface area contributed by atoms with Crippen molar-refractivity contribution >= 4 is 23.4 Å². The zero-order chi connectivity index (χ0) is 20.8. The van der Waals surface area contributed by atoms with E-state index in [1.54, 1.807) is 0 Å². The van der Waals surface area contributed by atoms with Crippen molar-refractivity contribution in [1.29, 1.82) is 0 Å². The molecule has 1 atom stereocenters. The van der Waals surface area contributed by atoms with Crippen LogP contribution >= 0.6 is 0 Å². The Morgan fingerprint density at radius 2 is 1.46 bits per heavy atom. The Bertz CT molecular complexity index is 534. The molecule has 0 saturated carbocycles. The number of carbonyl (C=O) groups is 3. The normalized spacial score (nSPS) is 18.3. The van der Waals surface area contributed by atoms with E-state index in [1.807, 2.05) is 0 Å². The molecule has 3 amide bonds. The van der Waals surface area contributed by atoms with E-state index in [9.17, 15) is 14.4 Å². The quantitative estimate of drug-likeness (QED) is 0.146. The zero-order valence-corrected chi connectivity index (χ0v) is 17.7. The number of rotatable bonds is 15. The second kappa shape index (κ2) is 14.1. The van der Waals surface area contributed by atoms with Gasteiger partial charge >= 0.3 is 0 Å². The van der Waals surface area contributed by atoms with Gasteiger partial charge in [-0.2, -0.15) is 5.10 Å². The van der Waals surface area contributed by atoms with Gasteiger partial charge in [0.05, 0.1) is 0 Å². The van der Waals surface area contributed by atoms with E-state index in [4.69, 9.17) is 5.84 Å². The van der Waals surface area contributed by atoms with E-state index in [0.717, 1.165) is 49.8 Å². The number of unbranched alkanes of at least 4 members (excludes halogenated alkanes) is 10. The number of hydrogen-bond donors (Lipinski definition) is 2. The summed E-state index contributed by atoms with van der Waals surface area (Å²) in [6.45, 7) is 5.15. The minimum absolute atomic E-state index is 0.142. The van der Waals surface area contributed by atoms with Gasteiger partial charge in [0, 0.05) is 13.1 Å². The van der Waals surface area contributed by atoms with Crippen molar-refractivity contribution in [3.63, 3.8) is 0 Å². The monoisotopic (exact) mass is 394 g/mol. The molecule has 1 rings (SSSR count). The smallest absolute Gasteiger partial charge is 0.278 e. The number of amides is 3. The average molecular weight is 395 g/mol. The van der Waals surface area contributed by atoms with E-state index >= 15 is 0 Å². The number of carbonyl (C=O) groups excluding carboxylic acids is 3. The lowest BCUT2D eigenvalue weighted by Gasteiger charge is -2.14. The van der Waals surface area contributed by atoms with Crippen LogP contribution in [-0.2, 0) is 14.4 Å². The Labute approximate surface area is 169 Å². The molecule has 0 aromatic rings. The minimum atomic E-state index is -1.20. The molecule has 1 unspecified atom stereocenters. The van der Waals surface area contributed by atoms with Crippen LogP contribution < -0.4 is 11.2 Å². The van der Waals surface area contributed by atoms with Gasteiger partial charge in [-0.15, -0.1) is 0 Å². The van der Waals surface area contributed by atoms with Crippen molar-refractivity contribution in [2.45, 2.75) is 90.9 Å². The maximum Gasteiger partial charge on any atom is 0.278 e. The van der Waals surface area contributed by atoms with Gasteiger partial charge in [-0.1, -0.05) is 78.1 Å².